The van der Waals surface area contributed by atoms with Gasteiger partial charge in [0.1, 0.15) is 6.04 Å². The number of hydrogen-bond acceptors (Lipinski definition) is 3. The van der Waals surface area contributed by atoms with Gasteiger partial charge >= 0.3 is 5.97 Å². The largest absolute Gasteiger partial charge is 0.480 e. The van der Waals surface area contributed by atoms with Gasteiger partial charge in [0.25, 0.3) is 0 Å². The number of likely N-dealkylation sites (tertiary alicyclic amines) is 1. The average molecular weight is 267 g/mol. The quantitative estimate of drug-likeness (QED) is 0.889. The summed E-state index contributed by atoms with van der Waals surface area (Å²) in [5, 5.41) is 11.0. The molecule has 4 nitrogen and oxygen atoms in total. The molecule has 18 heavy (non-hydrogen) atoms. The first-order valence-electron chi connectivity index (χ1n) is 6.23. The van der Waals surface area contributed by atoms with Crippen molar-refractivity contribution in [2.24, 2.45) is 0 Å². The molecule has 5 heteroatoms. The van der Waals surface area contributed by atoms with E-state index in [1.54, 1.807) is 11.3 Å². The molecule has 1 saturated heterocycles. The molecule has 0 saturated carbocycles. The molecular formula is C13H17NO3S. The van der Waals surface area contributed by atoms with Crippen molar-refractivity contribution >= 4 is 23.2 Å². The molecular weight excluding hydrogens is 250 g/mol. The van der Waals surface area contributed by atoms with Crippen LogP contribution in [0, 0.1) is 0 Å². The number of rotatable bonds is 5. The summed E-state index contributed by atoms with van der Waals surface area (Å²) in [6.45, 7) is 0.592. The van der Waals surface area contributed by atoms with Crippen molar-refractivity contribution in [2.45, 2.75) is 38.1 Å². The molecule has 2 rings (SSSR count). The van der Waals surface area contributed by atoms with Crippen molar-refractivity contribution in [3.8, 4) is 0 Å². The van der Waals surface area contributed by atoms with Crippen LogP contribution in [-0.4, -0.2) is 34.5 Å². The summed E-state index contributed by atoms with van der Waals surface area (Å²) in [7, 11) is 0. The minimum absolute atomic E-state index is 0.0172. The summed E-state index contributed by atoms with van der Waals surface area (Å²) in [4.78, 5) is 25.7. The molecule has 0 unspecified atom stereocenters. The molecule has 1 amide bonds. The van der Waals surface area contributed by atoms with Crippen molar-refractivity contribution < 1.29 is 14.7 Å². The molecule has 1 aromatic rings. The fourth-order valence-electron chi connectivity index (χ4n) is 2.33. The Morgan fingerprint density at radius 1 is 1.50 bits per heavy atom. The number of carbonyl (C=O) groups is 2. The maximum absolute atomic E-state index is 12.0. The third kappa shape index (κ3) is 3.10. The summed E-state index contributed by atoms with van der Waals surface area (Å²) >= 11 is 1.69. The number of amides is 1. The lowest BCUT2D eigenvalue weighted by Crippen LogP contribution is -2.40. The van der Waals surface area contributed by atoms with Gasteiger partial charge in [-0.05, 0) is 37.1 Å². The van der Waals surface area contributed by atoms with Gasteiger partial charge in [0.2, 0.25) is 5.91 Å². The first-order valence-corrected chi connectivity index (χ1v) is 7.11. The van der Waals surface area contributed by atoms with Gasteiger partial charge < -0.3 is 10.0 Å². The van der Waals surface area contributed by atoms with E-state index in [0.717, 1.165) is 19.3 Å². The van der Waals surface area contributed by atoms with Crippen LogP contribution in [0.2, 0.25) is 0 Å². The monoisotopic (exact) mass is 267 g/mol. The fraction of sp³-hybridized carbons (Fsp3) is 0.538. The summed E-state index contributed by atoms with van der Waals surface area (Å²) in [6.07, 6.45) is 3.53. The van der Waals surface area contributed by atoms with Crippen LogP contribution in [0.1, 0.15) is 30.6 Å². The number of carbonyl (C=O) groups excluding carboxylic acids is 1. The van der Waals surface area contributed by atoms with E-state index in [4.69, 9.17) is 5.11 Å². The Labute approximate surface area is 110 Å². The smallest absolute Gasteiger partial charge is 0.326 e. The third-order valence-electron chi connectivity index (χ3n) is 3.25. The predicted octanol–water partition coefficient (Wildman–Crippen LogP) is 2.15. The van der Waals surface area contributed by atoms with E-state index in [-0.39, 0.29) is 5.91 Å². The molecule has 98 valence electrons. The molecule has 1 atom stereocenters. The molecule has 0 spiro atoms. The molecule has 0 radical (unpaired) electrons. The van der Waals surface area contributed by atoms with Crippen LogP contribution in [0.4, 0.5) is 0 Å². The summed E-state index contributed by atoms with van der Waals surface area (Å²) in [5.41, 5.74) is 0. The molecule has 1 aliphatic rings. The SMILES string of the molecule is O=C(O)[C@@H]1CCCN1C(=O)CCCc1cccs1. The Bertz CT molecular complexity index is 416. The highest BCUT2D eigenvalue weighted by atomic mass is 32.1. The van der Waals surface area contributed by atoms with Gasteiger partial charge in [-0.2, -0.15) is 0 Å². The minimum atomic E-state index is -0.876. The zero-order valence-electron chi connectivity index (χ0n) is 10.2. The van der Waals surface area contributed by atoms with Crippen LogP contribution in [-0.2, 0) is 16.0 Å². The maximum Gasteiger partial charge on any atom is 0.326 e. The highest BCUT2D eigenvalue weighted by Crippen LogP contribution is 2.19. The van der Waals surface area contributed by atoms with Gasteiger partial charge in [-0.25, -0.2) is 4.79 Å². The van der Waals surface area contributed by atoms with Crippen molar-refractivity contribution in [3.63, 3.8) is 0 Å². The maximum atomic E-state index is 12.0. The van der Waals surface area contributed by atoms with E-state index in [0.29, 0.717) is 19.4 Å². The Kier molecular flexibility index (Phi) is 4.36. The standard InChI is InChI=1S/C13H17NO3S/c15-12(7-1-4-10-5-3-9-18-10)14-8-2-6-11(14)13(16)17/h3,5,9,11H,1-2,4,6-8H2,(H,16,17)/t11-/m0/s1. The lowest BCUT2D eigenvalue weighted by Gasteiger charge is -2.21. The van der Waals surface area contributed by atoms with Gasteiger partial charge in [-0.3, -0.25) is 4.79 Å². The van der Waals surface area contributed by atoms with E-state index in [1.165, 1.54) is 9.78 Å². The van der Waals surface area contributed by atoms with Gasteiger partial charge in [0, 0.05) is 17.8 Å². The number of aliphatic carboxylic acids is 1. The highest BCUT2D eigenvalue weighted by molar-refractivity contribution is 7.09. The van der Waals surface area contributed by atoms with Crippen LogP contribution in [0.5, 0.6) is 0 Å². The molecule has 1 N–H and O–H groups in total. The van der Waals surface area contributed by atoms with Crippen molar-refractivity contribution in [1.82, 2.24) is 4.90 Å². The Balaban J connectivity index is 1.79. The zero-order chi connectivity index (χ0) is 13.0. The van der Waals surface area contributed by atoms with E-state index in [2.05, 4.69) is 6.07 Å². The number of carboxylic acids is 1. The van der Waals surface area contributed by atoms with Crippen molar-refractivity contribution in [2.75, 3.05) is 6.54 Å². The predicted molar refractivity (Wildman–Crippen MR) is 69.6 cm³/mol. The number of aryl methyl sites for hydroxylation is 1. The second-order valence-corrected chi connectivity index (χ2v) is 5.55. The summed E-state index contributed by atoms with van der Waals surface area (Å²) < 4.78 is 0. The van der Waals surface area contributed by atoms with Crippen molar-refractivity contribution in [3.05, 3.63) is 22.4 Å². The average Bonchev–Trinajstić information content (AvgIpc) is 2.99. The molecule has 0 bridgehead atoms. The van der Waals surface area contributed by atoms with E-state index in [9.17, 15) is 9.59 Å². The van der Waals surface area contributed by atoms with E-state index < -0.39 is 12.0 Å². The lowest BCUT2D eigenvalue weighted by atomic mass is 10.2. The molecule has 0 aromatic carbocycles. The third-order valence-corrected chi connectivity index (χ3v) is 4.19. The van der Waals surface area contributed by atoms with Crippen LogP contribution in [0.25, 0.3) is 0 Å². The normalized spacial score (nSPS) is 19.1. The molecule has 0 aliphatic carbocycles. The zero-order valence-corrected chi connectivity index (χ0v) is 11.0. The lowest BCUT2D eigenvalue weighted by molar-refractivity contribution is -0.148. The minimum Gasteiger partial charge on any atom is -0.480 e. The second kappa shape index (κ2) is 6.00. The van der Waals surface area contributed by atoms with Crippen LogP contribution >= 0.6 is 11.3 Å². The van der Waals surface area contributed by atoms with E-state index in [1.807, 2.05) is 11.4 Å². The first kappa shape index (κ1) is 13.1. The molecule has 2 heterocycles. The topological polar surface area (TPSA) is 57.6 Å². The van der Waals surface area contributed by atoms with Gasteiger partial charge in [-0.15, -0.1) is 11.3 Å². The fourth-order valence-corrected chi connectivity index (χ4v) is 3.09. The second-order valence-electron chi connectivity index (χ2n) is 4.52. The van der Waals surface area contributed by atoms with Gasteiger partial charge in [-0.1, -0.05) is 6.07 Å². The Morgan fingerprint density at radius 2 is 2.33 bits per heavy atom. The Morgan fingerprint density at radius 3 is 3.00 bits per heavy atom. The number of carboxylic acid groups (broad SMARTS) is 1. The molecule has 1 aliphatic heterocycles. The number of hydrogen-bond donors (Lipinski definition) is 1. The molecule has 1 fully saturated rings. The van der Waals surface area contributed by atoms with E-state index >= 15 is 0 Å². The number of nitrogens with zero attached hydrogens (tertiary/aromatic N) is 1. The Hall–Kier alpha value is -1.36. The summed E-state index contributed by atoms with van der Waals surface area (Å²) in [5.74, 6) is -0.893. The summed E-state index contributed by atoms with van der Waals surface area (Å²) in [6, 6.07) is 3.47. The number of thiophene rings is 1. The highest BCUT2D eigenvalue weighted by Gasteiger charge is 2.33. The van der Waals surface area contributed by atoms with Gasteiger partial charge in [0.05, 0.1) is 0 Å². The van der Waals surface area contributed by atoms with Crippen LogP contribution in [0.15, 0.2) is 17.5 Å². The molecule has 1 aromatic heterocycles. The van der Waals surface area contributed by atoms with Crippen LogP contribution in [0.3, 0.4) is 0 Å². The first-order chi connectivity index (χ1) is 8.68. The van der Waals surface area contributed by atoms with Crippen molar-refractivity contribution in [1.29, 1.82) is 0 Å². The van der Waals surface area contributed by atoms with Gasteiger partial charge in [0.15, 0.2) is 0 Å². The van der Waals surface area contributed by atoms with Crippen LogP contribution < -0.4 is 0 Å².